The van der Waals surface area contributed by atoms with Gasteiger partial charge in [0, 0.05) is 30.1 Å². The molecule has 2 aliphatic carbocycles. The van der Waals surface area contributed by atoms with E-state index < -0.39 is 30.1 Å². The van der Waals surface area contributed by atoms with Crippen LogP contribution in [0, 0.1) is 5.92 Å². The first-order valence-electron chi connectivity index (χ1n) is 13.4. The van der Waals surface area contributed by atoms with Gasteiger partial charge in [-0.1, -0.05) is 6.07 Å². The number of benzene rings is 2. The average molecular weight is 553 g/mol. The maximum atomic E-state index is 13.6. The molecule has 0 radical (unpaired) electrons. The Labute approximate surface area is 230 Å². The van der Waals surface area contributed by atoms with E-state index in [1.54, 1.807) is 29.2 Å². The van der Waals surface area contributed by atoms with Crippen LogP contribution in [0.5, 0.6) is 23.0 Å². The van der Waals surface area contributed by atoms with Gasteiger partial charge >= 0.3 is 0 Å². The Balaban J connectivity index is 1.41. The predicted molar refractivity (Wildman–Crippen MR) is 140 cm³/mol. The molecule has 1 fully saturated rings. The van der Waals surface area contributed by atoms with Crippen molar-refractivity contribution in [3.63, 3.8) is 0 Å². The molecule has 6 rings (SSSR count). The molecule has 0 bridgehead atoms. The van der Waals surface area contributed by atoms with Crippen LogP contribution in [0.15, 0.2) is 42.0 Å². The van der Waals surface area contributed by atoms with Gasteiger partial charge < -0.3 is 44.5 Å². The zero-order valence-corrected chi connectivity index (χ0v) is 22.0. The average Bonchev–Trinajstić information content (AvgIpc) is 3.59. The molecule has 2 aliphatic heterocycles. The van der Waals surface area contributed by atoms with Gasteiger partial charge in [-0.15, -0.1) is 0 Å². The molecule has 0 aromatic heterocycles. The molecule has 2 amide bonds. The van der Waals surface area contributed by atoms with Gasteiger partial charge in [-0.2, -0.15) is 0 Å². The number of ether oxygens (including phenoxy) is 4. The van der Waals surface area contributed by atoms with Gasteiger partial charge in [0.1, 0.15) is 12.2 Å². The van der Waals surface area contributed by atoms with Crippen molar-refractivity contribution in [3.05, 3.63) is 58.7 Å². The molecule has 11 nitrogen and oxygen atoms in total. The van der Waals surface area contributed by atoms with E-state index in [2.05, 4.69) is 5.32 Å². The first kappa shape index (κ1) is 26.4. The fourth-order valence-electron chi connectivity index (χ4n) is 5.75. The first-order chi connectivity index (χ1) is 19.4. The van der Waals surface area contributed by atoms with Crippen molar-refractivity contribution in [2.45, 2.75) is 50.2 Å². The summed E-state index contributed by atoms with van der Waals surface area (Å²) in [6.45, 7) is -0.150. The van der Waals surface area contributed by atoms with Crippen LogP contribution in [0.25, 0.3) is 0 Å². The van der Waals surface area contributed by atoms with E-state index in [1.807, 2.05) is 12.1 Å². The number of aliphatic hydroxyl groups is 3. The number of nitrogens with one attached hydrogen (secondary N) is 1. The zero-order chi connectivity index (χ0) is 28.0. The van der Waals surface area contributed by atoms with Crippen molar-refractivity contribution in [2.24, 2.45) is 5.92 Å². The van der Waals surface area contributed by atoms with Crippen molar-refractivity contribution in [2.75, 3.05) is 27.1 Å². The smallest absolute Gasteiger partial charge is 0.247 e. The molecule has 1 saturated carbocycles. The Morgan fingerprint density at radius 2 is 1.90 bits per heavy atom. The number of methoxy groups -OCH3 is 1. The highest BCUT2D eigenvalue weighted by Crippen LogP contribution is 2.52. The quantitative estimate of drug-likeness (QED) is 0.357. The van der Waals surface area contributed by atoms with Gasteiger partial charge in [-0.3, -0.25) is 9.59 Å². The van der Waals surface area contributed by atoms with Crippen LogP contribution in [0.3, 0.4) is 0 Å². The molecule has 4 aliphatic rings. The Morgan fingerprint density at radius 3 is 2.62 bits per heavy atom. The van der Waals surface area contributed by atoms with Crippen LogP contribution in [0.2, 0.25) is 0 Å². The van der Waals surface area contributed by atoms with Crippen LogP contribution in [-0.2, 0) is 22.7 Å². The predicted octanol–water partition coefficient (Wildman–Crippen LogP) is 0.978. The third-order valence-electron chi connectivity index (χ3n) is 7.85. The van der Waals surface area contributed by atoms with Gasteiger partial charge in [-0.25, -0.2) is 0 Å². The minimum Gasteiger partial charge on any atom is -0.493 e. The number of hydrogen-bond acceptors (Lipinski definition) is 9. The van der Waals surface area contributed by atoms with E-state index >= 15 is 0 Å². The molecule has 4 atom stereocenters. The van der Waals surface area contributed by atoms with E-state index in [0.29, 0.717) is 39.7 Å². The minimum atomic E-state index is -1.18. The van der Waals surface area contributed by atoms with E-state index in [1.165, 1.54) is 7.11 Å². The lowest BCUT2D eigenvalue weighted by atomic mass is 9.77. The SMILES string of the molecule is COc1cc(CO)cc2c1O[C@@H]1[C@@H](O)[C@H](N(Cc3ccc4c(c3)OCO4)C(=O)C3CC3)C=C(C(=O)NCCO)[C@H]21. The lowest BCUT2D eigenvalue weighted by molar-refractivity contribution is -0.139. The Bertz CT molecular complexity index is 1360. The van der Waals surface area contributed by atoms with Gasteiger partial charge in [0.25, 0.3) is 0 Å². The van der Waals surface area contributed by atoms with E-state index in [9.17, 15) is 24.9 Å². The number of nitrogens with zero attached hydrogens (tertiary/aromatic N) is 1. The Morgan fingerprint density at radius 1 is 1.10 bits per heavy atom. The van der Waals surface area contributed by atoms with E-state index in [-0.39, 0.29) is 44.9 Å². The van der Waals surface area contributed by atoms with E-state index in [4.69, 9.17) is 18.9 Å². The fraction of sp³-hybridized carbons (Fsp3) is 0.448. The molecule has 11 heteroatoms. The summed E-state index contributed by atoms with van der Waals surface area (Å²) in [5.74, 6) is 0.598. The number of hydrogen-bond donors (Lipinski definition) is 4. The van der Waals surface area contributed by atoms with Crippen molar-refractivity contribution in [1.29, 1.82) is 0 Å². The van der Waals surface area contributed by atoms with E-state index in [0.717, 1.165) is 18.4 Å². The molecule has 4 N–H and O–H groups in total. The summed E-state index contributed by atoms with van der Waals surface area (Å²) in [7, 11) is 1.48. The minimum absolute atomic E-state index is 0.0381. The van der Waals surface area contributed by atoms with Gasteiger partial charge in [0.15, 0.2) is 23.0 Å². The number of amides is 2. The maximum Gasteiger partial charge on any atom is 0.247 e. The summed E-state index contributed by atoms with van der Waals surface area (Å²) in [5, 5.41) is 33.6. The Hall–Kier alpha value is -3.80. The summed E-state index contributed by atoms with van der Waals surface area (Å²) < 4.78 is 22.7. The molecule has 2 heterocycles. The lowest BCUT2D eigenvalue weighted by Crippen LogP contribution is -2.55. The van der Waals surface area contributed by atoms with Crippen LogP contribution in [0.1, 0.15) is 35.4 Å². The number of fused-ring (bicyclic) bond motifs is 4. The van der Waals surface area contributed by atoms with Crippen LogP contribution in [0.4, 0.5) is 0 Å². The summed E-state index contributed by atoms with van der Waals surface area (Å²) in [6, 6.07) is 7.97. The third-order valence-corrected chi connectivity index (χ3v) is 7.85. The molecule has 0 saturated heterocycles. The maximum absolute atomic E-state index is 13.6. The molecule has 40 heavy (non-hydrogen) atoms. The fourth-order valence-corrected chi connectivity index (χ4v) is 5.75. The summed E-state index contributed by atoms with van der Waals surface area (Å²) >= 11 is 0. The molecular weight excluding hydrogens is 520 g/mol. The van der Waals surface area contributed by atoms with Crippen molar-refractivity contribution >= 4 is 11.8 Å². The normalized spacial score (nSPS) is 23.9. The number of aliphatic hydroxyl groups excluding tert-OH is 3. The molecule has 2 aromatic carbocycles. The second kappa shape index (κ2) is 10.6. The highest BCUT2D eigenvalue weighted by molar-refractivity contribution is 5.96. The molecule has 212 valence electrons. The molecule has 0 unspecified atom stereocenters. The van der Waals surface area contributed by atoms with Crippen LogP contribution < -0.4 is 24.3 Å². The number of carbonyl (C=O) groups excluding carboxylic acids is 2. The monoisotopic (exact) mass is 552 g/mol. The van der Waals surface area contributed by atoms with Crippen molar-refractivity contribution in [1.82, 2.24) is 10.2 Å². The first-order valence-corrected chi connectivity index (χ1v) is 13.4. The topological polar surface area (TPSA) is 147 Å². The standard InChI is InChI=1S/C29H32N2O9/c1-37-23-10-16(13-33)8-18-24-19(28(35)30-6-7-32)11-20(25(34)27(24)40-26(18)23)31(29(36)17-3-4-17)12-15-2-5-21-22(9-15)39-14-38-21/h2,5,8-11,17,20,24-25,27,32-34H,3-4,6-7,12-14H2,1H3,(H,30,35)/t20-,24+,25+,27+/m1/s1. The zero-order valence-electron chi connectivity index (χ0n) is 22.0. The van der Waals surface area contributed by atoms with Crippen molar-refractivity contribution < 1.29 is 43.9 Å². The highest BCUT2D eigenvalue weighted by Gasteiger charge is 2.52. The summed E-state index contributed by atoms with van der Waals surface area (Å²) in [5.41, 5.74) is 2.27. The molecule has 2 aromatic rings. The number of carbonyl (C=O) groups is 2. The van der Waals surface area contributed by atoms with Crippen molar-refractivity contribution in [3.8, 4) is 23.0 Å². The highest BCUT2D eigenvalue weighted by atomic mass is 16.7. The third kappa shape index (κ3) is 4.63. The largest absolute Gasteiger partial charge is 0.493 e. The summed E-state index contributed by atoms with van der Waals surface area (Å²) in [4.78, 5) is 28.7. The van der Waals surface area contributed by atoms with Gasteiger partial charge in [-0.05, 0) is 54.3 Å². The number of rotatable bonds is 9. The summed E-state index contributed by atoms with van der Waals surface area (Å²) in [6.07, 6.45) is 1.10. The van der Waals surface area contributed by atoms with Crippen LogP contribution >= 0.6 is 0 Å². The molecular formula is C29H32N2O9. The second-order valence-corrected chi connectivity index (χ2v) is 10.4. The van der Waals surface area contributed by atoms with Gasteiger partial charge in [0.05, 0.1) is 32.3 Å². The second-order valence-electron chi connectivity index (χ2n) is 10.4. The van der Waals surface area contributed by atoms with Gasteiger partial charge in [0.2, 0.25) is 18.6 Å². The lowest BCUT2D eigenvalue weighted by Gasteiger charge is -2.41. The molecule has 0 spiro atoms. The van der Waals surface area contributed by atoms with Crippen LogP contribution in [-0.4, -0.2) is 77.3 Å². The Kier molecular flexibility index (Phi) is 7.03.